The molecule has 4 nitrogen and oxygen atoms in total. The maximum absolute atomic E-state index is 12.7. The van der Waals surface area contributed by atoms with Crippen molar-refractivity contribution in [1.29, 1.82) is 5.26 Å². The molecule has 1 amide bonds. The summed E-state index contributed by atoms with van der Waals surface area (Å²) in [4.78, 5) is 14.6. The highest BCUT2D eigenvalue weighted by molar-refractivity contribution is 5.83. The van der Waals surface area contributed by atoms with Crippen LogP contribution in [0.2, 0.25) is 0 Å². The van der Waals surface area contributed by atoms with Gasteiger partial charge in [-0.3, -0.25) is 10.1 Å². The van der Waals surface area contributed by atoms with Crippen LogP contribution in [0.3, 0.4) is 0 Å². The molecule has 0 unspecified atom stereocenters. The second-order valence-electron chi connectivity index (χ2n) is 5.39. The van der Waals surface area contributed by atoms with E-state index in [1.165, 1.54) is 0 Å². The normalized spacial score (nSPS) is 17.5. The summed E-state index contributed by atoms with van der Waals surface area (Å²) in [6.45, 7) is 4.04. The van der Waals surface area contributed by atoms with Crippen molar-refractivity contribution in [2.24, 2.45) is 5.92 Å². The smallest absolute Gasteiger partial charge is 0.244 e. The van der Waals surface area contributed by atoms with E-state index in [0.717, 1.165) is 31.5 Å². The topological polar surface area (TPSA) is 56.1 Å². The first-order chi connectivity index (χ1) is 9.72. The van der Waals surface area contributed by atoms with Crippen molar-refractivity contribution in [3.8, 4) is 6.07 Å². The van der Waals surface area contributed by atoms with Crippen LogP contribution in [0.1, 0.15) is 31.4 Å². The van der Waals surface area contributed by atoms with Crippen molar-refractivity contribution in [2.45, 2.75) is 25.8 Å². The number of piperidine rings is 1. The van der Waals surface area contributed by atoms with Gasteiger partial charge in [-0.05, 0) is 24.3 Å². The first kappa shape index (κ1) is 14.5. The average molecular weight is 271 g/mol. The molecule has 1 aromatic carbocycles. The molecular formula is C16H21N3O. The van der Waals surface area contributed by atoms with Gasteiger partial charge in [-0.2, -0.15) is 5.26 Å². The molecule has 1 heterocycles. The standard InChI is InChI=1S/C16H21N3O/c1-13-7-11-19(12-8-13)16(20)15(18-10-9-17)14-5-3-2-4-6-14/h2-6,13,15,18H,7-8,10-12H2,1H3/t15-/m0/s1. The van der Waals surface area contributed by atoms with Crippen molar-refractivity contribution >= 4 is 5.91 Å². The van der Waals surface area contributed by atoms with Gasteiger partial charge in [0.25, 0.3) is 0 Å². The minimum absolute atomic E-state index is 0.0818. The molecule has 0 bridgehead atoms. The molecule has 106 valence electrons. The molecule has 0 aromatic heterocycles. The summed E-state index contributed by atoms with van der Waals surface area (Å²) in [6, 6.07) is 11.3. The van der Waals surface area contributed by atoms with Gasteiger partial charge in [0.05, 0.1) is 12.6 Å². The summed E-state index contributed by atoms with van der Waals surface area (Å²) in [5.74, 6) is 0.777. The highest BCUT2D eigenvalue weighted by Gasteiger charge is 2.27. The predicted octanol–water partition coefficient (Wildman–Crippen LogP) is 2.10. The number of hydrogen-bond acceptors (Lipinski definition) is 3. The van der Waals surface area contributed by atoms with E-state index in [2.05, 4.69) is 18.3 Å². The monoisotopic (exact) mass is 271 g/mol. The van der Waals surface area contributed by atoms with Gasteiger partial charge in [0.1, 0.15) is 6.04 Å². The van der Waals surface area contributed by atoms with Crippen molar-refractivity contribution in [3.05, 3.63) is 35.9 Å². The molecule has 1 aliphatic heterocycles. The summed E-state index contributed by atoms with van der Waals surface area (Å²) < 4.78 is 0. The molecule has 1 atom stereocenters. The molecule has 0 radical (unpaired) electrons. The number of benzene rings is 1. The zero-order chi connectivity index (χ0) is 14.4. The van der Waals surface area contributed by atoms with Gasteiger partial charge in [0.15, 0.2) is 0 Å². The zero-order valence-electron chi connectivity index (χ0n) is 11.9. The van der Waals surface area contributed by atoms with E-state index < -0.39 is 6.04 Å². The quantitative estimate of drug-likeness (QED) is 0.853. The van der Waals surface area contributed by atoms with Crippen molar-refractivity contribution < 1.29 is 4.79 Å². The maximum atomic E-state index is 12.7. The lowest BCUT2D eigenvalue weighted by Crippen LogP contribution is -2.44. The zero-order valence-corrected chi connectivity index (χ0v) is 11.9. The van der Waals surface area contributed by atoms with E-state index in [-0.39, 0.29) is 12.5 Å². The van der Waals surface area contributed by atoms with E-state index in [9.17, 15) is 4.79 Å². The first-order valence-corrected chi connectivity index (χ1v) is 7.16. The minimum atomic E-state index is -0.413. The van der Waals surface area contributed by atoms with Gasteiger partial charge in [-0.15, -0.1) is 0 Å². The Morgan fingerprint density at radius 2 is 2.05 bits per heavy atom. The SMILES string of the molecule is CC1CCN(C(=O)[C@@H](NCC#N)c2ccccc2)CC1. The van der Waals surface area contributed by atoms with E-state index in [1.807, 2.05) is 35.2 Å². The number of nitrogens with zero attached hydrogens (tertiary/aromatic N) is 2. The molecule has 1 fully saturated rings. The lowest BCUT2D eigenvalue weighted by Gasteiger charge is -2.33. The maximum Gasteiger partial charge on any atom is 0.244 e. The Morgan fingerprint density at radius 3 is 2.65 bits per heavy atom. The lowest BCUT2D eigenvalue weighted by molar-refractivity contribution is -0.134. The summed E-state index contributed by atoms with van der Waals surface area (Å²) in [5.41, 5.74) is 0.923. The van der Waals surface area contributed by atoms with Crippen molar-refractivity contribution in [2.75, 3.05) is 19.6 Å². The number of nitriles is 1. The number of nitrogens with one attached hydrogen (secondary N) is 1. The summed E-state index contributed by atoms with van der Waals surface area (Å²) in [7, 11) is 0. The third-order valence-electron chi connectivity index (χ3n) is 3.86. The molecule has 2 rings (SSSR count). The fourth-order valence-corrected chi connectivity index (χ4v) is 2.55. The van der Waals surface area contributed by atoms with Gasteiger partial charge < -0.3 is 4.90 Å². The van der Waals surface area contributed by atoms with Crippen LogP contribution in [-0.2, 0) is 4.79 Å². The van der Waals surface area contributed by atoms with Crippen LogP contribution in [-0.4, -0.2) is 30.4 Å². The molecule has 1 saturated heterocycles. The van der Waals surface area contributed by atoms with E-state index in [4.69, 9.17) is 5.26 Å². The molecule has 0 aliphatic carbocycles. The minimum Gasteiger partial charge on any atom is -0.341 e. The third-order valence-corrected chi connectivity index (χ3v) is 3.86. The number of hydrogen-bond donors (Lipinski definition) is 1. The fourth-order valence-electron chi connectivity index (χ4n) is 2.55. The van der Waals surface area contributed by atoms with Crippen LogP contribution in [0, 0.1) is 17.2 Å². The predicted molar refractivity (Wildman–Crippen MR) is 77.8 cm³/mol. The Hall–Kier alpha value is -1.86. The van der Waals surface area contributed by atoms with E-state index in [0.29, 0.717) is 5.92 Å². The van der Waals surface area contributed by atoms with E-state index >= 15 is 0 Å². The lowest BCUT2D eigenvalue weighted by atomic mass is 9.97. The number of likely N-dealkylation sites (tertiary alicyclic amines) is 1. The van der Waals surface area contributed by atoms with Crippen LogP contribution >= 0.6 is 0 Å². The number of amides is 1. The molecule has 1 aromatic rings. The van der Waals surface area contributed by atoms with E-state index in [1.54, 1.807) is 0 Å². The molecule has 20 heavy (non-hydrogen) atoms. The first-order valence-electron chi connectivity index (χ1n) is 7.16. The number of rotatable bonds is 4. The Labute approximate surface area is 120 Å². The van der Waals surface area contributed by atoms with Crippen LogP contribution in [0.4, 0.5) is 0 Å². The van der Waals surface area contributed by atoms with Gasteiger partial charge in [0, 0.05) is 13.1 Å². The summed E-state index contributed by atoms with van der Waals surface area (Å²) in [5, 5.41) is 11.8. The van der Waals surface area contributed by atoms with Gasteiger partial charge in [0.2, 0.25) is 5.91 Å². The molecule has 0 saturated carbocycles. The Kier molecular flexibility index (Phi) is 5.14. The van der Waals surface area contributed by atoms with Gasteiger partial charge in [-0.25, -0.2) is 0 Å². The largest absolute Gasteiger partial charge is 0.341 e. The molecule has 0 spiro atoms. The molecular weight excluding hydrogens is 250 g/mol. The molecule has 1 N–H and O–H groups in total. The highest BCUT2D eigenvalue weighted by atomic mass is 16.2. The van der Waals surface area contributed by atoms with Gasteiger partial charge in [-0.1, -0.05) is 37.3 Å². The number of carbonyl (C=O) groups is 1. The summed E-state index contributed by atoms with van der Waals surface area (Å²) >= 11 is 0. The average Bonchev–Trinajstić information content (AvgIpc) is 2.49. The Morgan fingerprint density at radius 1 is 1.40 bits per heavy atom. The second-order valence-corrected chi connectivity index (χ2v) is 5.39. The van der Waals surface area contributed by atoms with Crippen LogP contribution in [0.15, 0.2) is 30.3 Å². The molecule has 1 aliphatic rings. The van der Waals surface area contributed by atoms with Crippen molar-refractivity contribution in [1.82, 2.24) is 10.2 Å². The second kappa shape index (κ2) is 7.06. The van der Waals surface area contributed by atoms with Crippen LogP contribution in [0.25, 0.3) is 0 Å². The summed E-state index contributed by atoms with van der Waals surface area (Å²) in [6.07, 6.45) is 2.12. The highest BCUT2D eigenvalue weighted by Crippen LogP contribution is 2.21. The van der Waals surface area contributed by atoms with Gasteiger partial charge >= 0.3 is 0 Å². The fraction of sp³-hybridized carbons (Fsp3) is 0.500. The van der Waals surface area contributed by atoms with Crippen LogP contribution < -0.4 is 5.32 Å². The van der Waals surface area contributed by atoms with Crippen LogP contribution in [0.5, 0.6) is 0 Å². The molecule has 4 heteroatoms. The Bertz CT molecular complexity index is 472. The van der Waals surface area contributed by atoms with Crippen molar-refractivity contribution in [3.63, 3.8) is 0 Å². The Balaban J connectivity index is 2.10. The number of carbonyl (C=O) groups excluding carboxylic acids is 1. The third kappa shape index (κ3) is 3.58.